The molecule has 0 aromatic heterocycles. The van der Waals surface area contributed by atoms with E-state index in [-0.39, 0.29) is 11.5 Å². The number of aliphatic hydroxyl groups is 20. The summed E-state index contributed by atoms with van der Waals surface area (Å²) in [5.74, 6) is -0.106. The van der Waals surface area contributed by atoms with Crippen molar-refractivity contribution in [1.82, 2.24) is 0 Å². The van der Waals surface area contributed by atoms with Gasteiger partial charge in [-0.05, 0) is 24.3 Å². The van der Waals surface area contributed by atoms with Crippen LogP contribution >= 0.6 is 7.82 Å². The lowest BCUT2D eigenvalue weighted by molar-refractivity contribution is -0.396. The number of phosphoric ester groups is 1. The first-order chi connectivity index (χ1) is 44.5. The molecule has 38 nitrogen and oxygen atoms in total. The Morgan fingerprint density at radius 1 is 0.269 bits per heavy atom. The Bertz CT molecular complexity index is 2610. The maximum atomic E-state index is 14.7. The van der Waals surface area contributed by atoms with Crippen molar-refractivity contribution in [1.29, 1.82) is 0 Å². The highest BCUT2D eigenvalue weighted by Gasteiger charge is 2.60. The highest BCUT2D eigenvalue weighted by molar-refractivity contribution is 7.49. The average Bonchev–Trinajstić information content (AvgIpc) is 0.789. The fourth-order valence-corrected chi connectivity index (χ4v) is 13.1. The summed E-state index contributed by atoms with van der Waals surface area (Å²) in [5, 5.41) is 225. The van der Waals surface area contributed by atoms with Crippen LogP contribution in [0.15, 0.2) is 60.7 Å². The molecule has 2 aromatic rings. The Morgan fingerprint density at radius 3 is 0.645 bits per heavy atom. The molecule has 528 valence electrons. The molecule has 21 saturated heterocycles. The van der Waals surface area contributed by atoms with E-state index in [0.717, 1.165) is 0 Å². The maximum absolute atomic E-state index is 14.7. The van der Waals surface area contributed by atoms with E-state index in [9.17, 15) is 107 Å². The Balaban J connectivity index is 0.964. The summed E-state index contributed by atoms with van der Waals surface area (Å²) in [6, 6.07) is 14.9. The van der Waals surface area contributed by atoms with E-state index in [1.165, 1.54) is 48.5 Å². The Morgan fingerprint density at radius 2 is 0.452 bits per heavy atom. The fourth-order valence-electron chi connectivity index (χ4n) is 11.9. The molecule has 14 bridgehead atoms. The Kier molecular flexibility index (Phi) is 24.5. The van der Waals surface area contributed by atoms with Crippen molar-refractivity contribution in [2.24, 2.45) is 0 Å². The van der Waals surface area contributed by atoms with Gasteiger partial charge in [-0.15, -0.1) is 0 Å². The van der Waals surface area contributed by atoms with Gasteiger partial charge < -0.3 is 177 Å². The lowest BCUT2D eigenvalue weighted by atomic mass is 9.95. The van der Waals surface area contributed by atoms with Crippen LogP contribution in [0, 0.1) is 0 Å². The highest BCUT2D eigenvalue weighted by atomic mass is 31.2. The standard InChI is InChI=1S/C54H79O38P/c55-11-20-41-28(62)35(69)49(78-20)86-43-22(13-57)80-51(37(71)30(43)64)88-45-24(15-59)82-53(39(73)32(45)66)90-47-26(17-76-93(75,91-18-7-3-1-4-8-18)92-19-9-5-2-6-10-19)83-54(40(74)33(47)67)89-46-25(16-60)81-52(38(72)31(46)65)87-44-23(14-58)79-50(36(70)29(44)63)85-42-21(12-56)77-48(84-41)34(68)27(42)61/h1-10,20-74H,11-17H2/t20-,21-,22-,23-,24-,25-,26-,27-,28-,29-,30-,31-,32-,33-,34-,35-,36-,37-,38-,39-,40-,41-,42-,43-,44-,45-,46-,47-,48-,49-,50-,51-,52-,53-,54-/m1/s1. The molecule has 0 amide bonds. The van der Waals surface area contributed by atoms with Crippen LogP contribution in [0.25, 0.3) is 0 Å². The maximum Gasteiger partial charge on any atom is 0.587 e. The van der Waals surface area contributed by atoms with Gasteiger partial charge in [-0.25, -0.2) is 4.57 Å². The first-order valence-corrected chi connectivity index (χ1v) is 31.0. The first-order valence-electron chi connectivity index (χ1n) is 29.6. The third-order valence-corrected chi connectivity index (χ3v) is 18.3. The molecule has 21 aliphatic rings. The molecule has 35 atom stereocenters. The second-order valence-electron chi connectivity index (χ2n) is 23.0. The van der Waals surface area contributed by atoms with E-state index < -0.39 is 269 Å². The quantitative estimate of drug-likeness (QED) is 0.0828. The van der Waals surface area contributed by atoms with Crippen molar-refractivity contribution in [2.45, 2.75) is 215 Å². The van der Waals surface area contributed by atoms with Crippen LogP contribution in [0.1, 0.15) is 0 Å². The van der Waals surface area contributed by atoms with Gasteiger partial charge in [0.1, 0.15) is 182 Å². The minimum absolute atomic E-state index is 0.0529. The lowest BCUT2D eigenvalue weighted by Gasteiger charge is -2.50. The van der Waals surface area contributed by atoms with Crippen molar-refractivity contribution in [3.8, 4) is 11.5 Å². The Labute approximate surface area is 526 Å². The smallest absolute Gasteiger partial charge is 0.395 e. The topological polar surface area (TPSA) is 579 Å². The number of ether oxygens (including phenoxy) is 14. The van der Waals surface area contributed by atoms with E-state index in [2.05, 4.69) is 0 Å². The van der Waals surface area contributed by atoms with Crippen molar-refractivity contribution in [2.75, 3.05) is 46.2 Å². The van der Waals surface area contributed by atoms with E-state index in [1.54, 1.807) is 12.1 Å². The van der Waals surface area contributed by atoms with Crippen LogP contribution in [0.4, 0.5) is 0 Å². The van der Waals surface area contributed by atoms with Crippen LogP contribution in [-0.4, -0.2) is 363 Å². The molecule has 21 fully saturated rings. The molecule has 0 radical (unpaired) electrons. The largest absolute Gasteiger partial charge is 0.587 e. The number of phosphoric acid groups is 1. The zero-order valence-corrected chi connectivity index (χ0v) is 49.6. The second kappa shape index (κ2) is 31.4. The zero-order valence-electron chi connectivity index (χ0n) is 48.7. The van der Waals surface area contributed by atoms with Gasteiger partial charge in [0.15, 0.2) is 44.0 Å². The van der Waals surface area contributed by atoms with E-state index in [0.29, 0.717) is 0 Å². The summed E-state index contributed by atoms with van der Waals surface area (Å²) < 4.78 is 113. The summed E-state index contributed by atoms with van der Waals surface area (Å²) in [6.45, 7) is -7.60. The molecule has 21 heterocycles. The number of hydrogen-bond acceptors (Lipinski definition) is 38. The van der Waals surface area contributed by atoms with Gasteiger partial charge in [-0.1, -0.05) is 36.4 Å². The SMILES string of the molecule is O=P(OC[C@H]1O[C@@H]2O[C@H]3[C@H](O)[C@@H](O)[C@@H](O[C@H]4[C@H](O)[C@@H](O)[C@@H](O[C@H]5[C@H](O)[C@@H](O)[C@@H](O[C@H]6[C@H](O)[C@@H](O)[C@@H](O[C@H]7[C@H](O)[C@@H](O)[C@@H](O[C@H]8[C@H](O)[C@@H](O)[C@@H](O[C@H]1[C@H](O)[C@H]2O)O[C@@H]8CO)O[C@@H]7CO)O[C@@H]6CO)O[C@@H]5CO)O[C@@H]4CO)O[C@@H]3CO)(Oc1ccccc1)Oc1ccccc1. The van der Waals surface area contributed by atoms with Gasteiger partial charge in [0, 0.05) is 0 Å². The second-order valence-corrected chi connectivity index (χ2v) is 24.5. The van der Waals surface area contributed by atoms with Gasteiger partial charge in [0.05, 0.1) is 46.2 Å². The average molecular weight is 1370 g/mol. The summed E-state index contributed by atoms with van der Waals surface area (Å²) >= 11 is 0. The summed E-state index contributed by atoms with van der Waals surface area (Å²) in [6.07, 6.45) is -73.0. The van der Waals surface area contributed by atoms with Gasteiger partial charge in [0.25, 0.3) is 0 Å². The summed E-state index contributed by atoms with van der Waals surface area (Å²) in [7, 11) is -4.93. The molecule has 23 rings (SSSR count). The van der Waals surface area contributed by atoms with Gasteiger partial charge in [-0.2, -0.15) is 0 Å². The number of aliphatic hydroxyl groups excluding tert-OH is 20. The summed E-state index contributed by atoms with van der Waals surface area (Å²) in [5.41, 5.74) is 0. The van der Waals surface area contributed by atoms with Gasteiger partial charge in [0.2, 0.25) is 0 Å². The molecular weight excluding hydrogens is 1290 g/mol. The third-order valence-electron chi connectivity index (χ3n) is 16.9. The molecule has 21 aliphatic heterocycles. The molecule has 2 aromatic carbocycles. The molecule has 93 heavy (non-hydrogen) atoms. The molecular formula is C54H79O38P. The molecule has 20 N–H and O–H groups in total. The van der Waals surface area contributed by atoms with Crippen LogP contribution in [0.2, 0.25) is 0 Å². The van der Waals surface area contributed by atoms with Gasteiger partial charge in [-0.3, -0.25) is 4.52 Å². The zero-order chi connectivity index (χ0) is 66.9. The number of para-hydroxylation sites is 2. The lowest BCUT2D eigenvalue weighted by Crippen LogP contribution is -2.68. The predicted octanol–water partition coefficient (Wildman–Crippen LogP) is -10.9. The van der Waals surface area contributed by atoms with Crippen molar-refractivity contribution < 1.29 is 187 Å². The molecule has 39 heteroatoms. The normalized spacial score (nSPS) is 47.9. The third kappa shape index (κ3) is 15.4. The number of rotatable bonds is 13. The number of benzene rings is 2. The Hall–Kier alpha value is -3.13. The van der Waals surface area contributed by atoms with Crippen molar-refractivity contribution >= 4 is 7.82 Å². The van der Waals surface area contributed by atoms with Crippen LogP contribution in [-0.2, 0) is 75.4 Å². The summed E-state index contributed by atoms with van der Waals surface area (Å²) in [4.78, 5) is 0. The molecule has 0 unspecified atom stereocenters. The first kappa shape index (κ1) is 72.6. The predicted molar refractivity (Wildman–Crippen MR) is 289 cm³/mol. The minimum atomic E-state index is -4.93. The fraction of sp³-hybridized carbons (Fsp3) is 0.778. The highest BCUT2D eigenvalue weighted by Crippen LogP contribution is 2.51. The van der Waals surface area contributed by atoms with Crippen molar-refractivity contribution in [3.63, 3.8) is 0 Å². The van der Waals surface area contributed by atoms with Crippen LogP contribution in [0.5, 0.6) is 11.5 Å². The molecule has 0 spiro atoms. The van der Waals surface area contributed by atoms with E-state index >= 15 is 0 Å². The van der Waals surface area contributed by atoms with Crippen LogP contribution in [0.3, 0.4) is 0 Å². The van der Waals surface area contributed by atoms with Crippen LogP contribution < -0.4 is 9.05 Å². The van der Waals surface area contributed by atoms with Crippen molar-refractivity contribution in [3.05, 3.63) is 60.7 Å². The monoisotopic (exact) mass is 1370 g/mol. The van der Waals surface area contributed by atoms with E-state index in [1.807, 2.05) is 0 Å². The molecule has 0 saturated carbocycles. The van der Waals surface area contributed by atoms with E-state index in [4.69, 9.17) is 79.9 Å². The minimum Gasteiger partial charge on any atom is -0.395 e. The number of hydrogen-bond donors (Lipinski definition) is 20. The van der Waals surface area contributed by atoms with Gasteiger partial charge >= 0.3 is 7.82 Å². The molecule has 0 aliphatic carbocycles.